The Balaban J connectivity index is 1.90. The average Bonchev–Trinajstić information content (AvgIpc) is 2.66. The number of amides is 1. The molecule has 0 radical (unpaired) electrons. The van der Waals surface area contributed by atoms with Crippen molar-refractivity contribution in [2.24, 2.45) is 11.1 Å². The summed E-state index contributed by atoms with van der Waals surface area (Å²) >= 11 is 3.32. The summed E-state index contributed by atoms with van der Waals surface area (Å²) in [5.74, 6) is 0.576. The van der Waals surface area contributed by atoms with Crippen LogP contribution in [0.15, 0.2) is 46.9 Å². The third-order valence-electron chi connectivity index (χ3n) is 4.26. The summed E-state index contributed by atoms with van der Waals surface area (Å²) in [7, 11) is 0. The molecule has 3 N–H and O–H groups in total. The quantitative estimate of drug-likeness (QED) is 0.269. The molecule has 0 aliphatic rings. The number of nitrogens with one attached hydrogen (secondary N) is 1. The van der Waals surface area contributed by atoms with Crippen LogP contribution < -0.4 is 15.8 Å². The van der Waals surface area contributed by atoms with E-state index in [-0.39, 0.29) is 30.9 Å². The Bertz CT molecular complexity index is 916. The molecule has 0 aliphatic carbocycles. The van der Waals surface area contributed by atoms with E-state index in [1.54, 1.807) is 36.4 Å². The van der Waals surface area contributed by atoms with Crippen LogP contribution in [0.2, 0.25) is 0 Å². The fourth-order valence-electron chi connectivity index (χ4n) is 2.60. The van der Waals surface area contributed by atoms with Crippen LogP contribution in [-0.4, -0.2) is 36.9 Å². The van der Waals surface area contributed by atoms with Crippen LogP contribution in [0.3, 0.4) is 0 Å². The van der Waals surface area contributed by atoms with Gasteiger partial charge in [-0.15, -0.1) is 0 Å². The highest BCUT2D eigenvalue weighted by Gasteiger charge is 2.28. The highest BCUT2D eigenvalue weighted by Crippen LogP contribution is 2.31. The summed E-state index contributed by atoms with van der Waals surface area (Å²) in [5.41, 5.74) is 5.77. The lowest BCUT2D eigenvalue weighted by Gasteiger charge is -2.29. The van der Waals surface area contributed by atoms with E-state index in [9.17, 15) is 14.9 Å². The first-order valence-corrected chi connectivity index (χ1v) is 10.3. The van der Waals surface area contributed by atoms with Crippen molar-refractivity contribution in [3.05, 3.63) is 57.1 Å². The summed E-state index contributed by atoms with van der Waals surface area (Å²) in [5, 5.41) is 14.3. The van der Waals surface area contributed by atoms with Crippen molar-refractivity contribution in [3.63, 3.8) is 0 Å². The third kappa shape index (κ3) is 8.06. The van der Waals surface area contributed by atoms with Gasteiger partial charge in [-0.25, -0.2) is 4.79 Å². The molecule has 10 heteroatoms. The highest BCUT2D eigenvalue weighted by atomic mass is 79.9. The standard InChI is InChI=1S/C21H26BrN3O6/c1-21(2,3)19(31-20(23)26)13-29-9-10-30-16-6-4-5-15(12-16)24-17-11-14(22)7-8-18(17)25(27)28/h4-8,11-12,19,24H,9-10,13H2,1-3H3,(H2,23,26). The molecular weight excluding hydrogens is 470 g/mol. The van der Waals surface area contributed by atoms with Crippen molar-refractivity contribution in [2.45, 2.75) is 26.9 Å². The topological polar surface area (TPSA) is 126 Å². The van der Waals surface area contributed by atoms with Gasteiger partial charge in [0, 0.05) is 27.7 Å². The summed E-state index contributed by atoms with van der Waals surface area (Å²) in [6.45, 7) is 6.53. The van der Waals surface area contributed by atoms with Gasteiger partial charge in [0.25, 0.3) is 5.69 Å². The molecule has 0 heterocycles. The van der Waals surface area contributed by atoms with E-state index in [4.69, 9.17) is 19.9 Å². The minimum atomic E-state index is -0.838. The van der Waals surface area contributed by atoms with Crippen LogP contribution in [0.4, 0.5) is 21.9 Å². The molecule has 2 rings (SSSR count). The lowest BCUT2D eigenvalue weighted by Crippen LogP contribution is -2.37. The minimum Gasteiger partial charge on any atom is -0.491 e. The first-order chi connectivity index (χ1) is 14.6. The zero-order valence-electron chi connectivity index (χ0n) is 17.6. The van der Waals surface area contributed by atoms with E-state index in [1.165, 1.54) is 6.07 Å². The zero-order valence-corrected chi connectivity index (χ0v) is 19.2. The number of anilines is 2. The first-order valence-electron chi connectivity index (χ1n) is 9.54. The average molecular weight is 496 g/mol. The molecule has 0 aliphatic heterocycles. The molecule has 1 atom stereocenters. The number of nitro groups is 1. The molecule has 31 heavy (non-hydrogen) atoms. The largest absolute Gasteiger partial charge is 0.491 e. The first kappa shape index (κ1) is 24.4. The highest BCUT2D eigenvalue weighted by molar-refractivity contribution is 9.10. The Morgan fingerprint density at radius 2 is 1.97 bits per heavy atom. The normalized spacial score (nSPS) is 12.1. The number of ether oxygens (including phenoxy) is 3. The van der Waals surface area contributed by atoms with Crippen LogP contribution in [0, 0.1) is 15.5 Å². The molecule has 0 fully saturated rings. The zero-order chi connectivity index (χ0) is 23.0. The van der Waals surface area contributed by atoms with Gasteiger partial charge in [0.1, 0.15) is 24.1 Å². The number of carbonyl (C=O) groups is 1. The van der Waals surface area contributed by atoms with Crippen LogP contribution in [0.1, 0.15) is 20.8 Å². The number of nitrogens with zero attached hydrogens (tertiary/aromatic N) is 1. The molecule has 0 bridgehead atoms. The number of nitro benzene ring substituents is 1. The molecule has 168 valence electrons. The lowest BCUT2D eigenvalue weighted by molar-refractivity contribution is -0.383. The van der Waals surface area contributed by atoms with E-state index >= 15 is 0 Å². The van der Waals surface area contributed by atoms with Crippen LogP contribution in [0.25, 0.3) is 0 Å². The maximum Gasteiger partial charge on any atom is 0.404 e. The smallest absolute Gasteiger partial charge is 0.404 e. The Kier molecular flexibility index (Phi) is 8.64. The number of hydrogen-bond donors (Lipinski definition) is 2. The van der Waals surface area contributed by atoms with Crippen molar-refractivity contribution in [2.75, 3.05) is 25.1 Å². The fourth-order valence-corrected chi connectivity index (χ4v) is 2.96. The Labute approximate surface area is 189 Å². The Morgan fingerprint density at radius 3 is 2.61 bits per heavy atom. The molecule has 9 nitrogen and oxygen atoms in total. The molecule has 2 aromatic rings. The second kappa shape index (κ2) is 11.0. The third-order valence-corrected chi connectivity index (χ3v) is 4.75. The second-order valence-electron chi connectivity index (χ2n) is 7.79. The fraction of sp³-hybridized carbons (Fsp3) is 0.381. The number of hydrogen-bond acceptors (Lipinski definition) is 7. The van der Waals surface area contributed by atoms with Crippen molar-refractivity contribution in [3.8, 4) is 5.75 Å². The van der Waals surface area contributed by atoms with E-state index in [0.29, 0.717) is 17.1 Å². The molecule has 0 aromatic heterocycles. The number of benzene rings is 2. The number of carbonyl (C=O) groups excluding carboxylic acids is 1. The van der Waals surface area contributed by atoms with Gasteiger partial charge in [-0.3, -0.25) is 10.1 Å². The van der Waals surface area contributed by atoms with Gasteiger partial charge in [0.05, 0.1) is 18.1 Å². The van der Waals surface area contributed by atoms with Gasteiger partial charge < -0.3 is 25.3 Å². The molecule has 1 amide bonds. The molecule has 0 saturated carbocycles. The molecule has 2 aromatic carbocycles. The molecule has 0 saturated heterocycles. The lowest BCUT2D eigenvalue weighted by atomic mass is 9.89. The van der Waals surface area contributed by atoms with Gasteiger partial charge in [-0.1, -0.05) is 42.8 Å². The van der Waals surface area contributed by atoms with Gasteiger partial charge in [-0.05, 0) is 24.3 Å². The van der Waals surface area contributed by atoms with Crippen molar-refractivity contribution in [1.29, 1.82) is 0 Å². The van der Waals surface area contributed by atoms with Crippen LogP contribution in [-0.2, 0) is 9.47 Å². The Morgan fingerprint density at radius 1 is 1.23 bits per heavy atom. The molecular formula is C21H26BrN3O6. The molecule has 1 unspecified atom stereocenters. The number of nitrogens with two attached hydrogens (primary N) is 1. The minimum absolute atomic E-state index is 0.0329. The number of halogens is 1. The predicted molar refractivity (Wildman–Crippen MR) is 121 cm³/mol. The van der Waals surface area contributed by atoms with E-state index in [2.05, 4.69) is 21.2 Å². The van der Waals surface area contributed by atoms with E-state index in [1.807, 2.05) is 20.8 Å². The monoisotopic (exact) mass is 495 g/mol. The van der Waals surface area contributed by atoms with Gasteiger partial charge in [0.15, 0.2) is 0 Å². The molecule has 0 spiro atoms. The number of rotatable bonds is 10. The van der Waals surface area contributed by atoms with Crippen LogP contribution >= 0.6 is 15.9 Å². The maximum atomic E-state index is 11.2. The SMILES string of the molecule is CC(C)(C)C(COCCOc1cccc(Nc2cc(Br)ccc2[N+](=O)[O-])c1)OC(N)=O. The number of primary amides is 1. The van der Waals surface area contributed by atoms with Crippen molar-refractivity contribution < 1.29 is 23.9 Å². The Hall–Kier alpha value is -2.85. The predicted octanol–water partition coefficient (Wildman–Crippen LogP) is 5.01. The second-order valence-corrected chi connectivity index (χ2v) is 8.70. The van der Waals surface area contributed by atoms with E-state index in [0.717, 1.165) is 4.47 Å². The van der Waals surface area contributed by atoms with Crippen molar-refractivity contribution >= 4 is 39.1 Å². The summed E-state index contributed by atoms with van der Waals surface area (Å²) in [6.07, 6.45) is -1.31. The summed E-state index contributed by atoms with van der Waals surface area (Å²) in [4.78, 5) is 21.8. The van der Waals surface area contributed by atoms with Gasteiger partial charge in [-0.2, -0.15) is 0 Å². The summed E-state index contributed by atoms with van der Waals surface area (Å²) in [6, 6.07) is 11.7. The van der Waals surface area contributed by atoms with Crippen LogP contribution in [0.5, 0.6) is 5.75 Å². The van der Waals surface area contributed by atoms with Crippen molar-refractivity contribution in [1.82, 2.24) is 0 Å². The van der Waals surface area contributed by atoms with Gasteiger partial charge >= 0.3 is 6.09 Å². The maximum absolute atomic E-state index is 11.2. The van der Waals surface area contributed by atoms with E-state index < -0.39 is 17.1 Å². The summed E-state index contributed by atoms with van der Waals surface area (Å²) < 4.78 is 17.1. The van der Waals surface area contributed by atoms with Gasteiger partial charge in [0.2, 0.25) is 0 Å².